The highest BCUT2D eigenvalue weighted by molar-refractivity contribution is 5.44. The maximum atomic E-state index is 6.18. The molecule has 1 saturated carbocycles. The van der Waals surface area contributed by atoms with Gasteiger partial charge in [-0.3, -0.25) is 4.90 Å². The van der Waals surface area contributed by atoms with Crippen LogP contribution in [0.25, 0.3) is 0 Å². The van der Waals surface area contributed by atoms with E-state index in [0.717, 1.165) is 63.3 Å². The van der Waals surface area contributed by atoms with Gasteiger partial charge < -0.3 is 18.9 Å². The van der Waals surface area contributed by atoms with Crippen LogP contribution >= 0.6 is 0 Å². The van der Waals surface area contributed by atoms with Crippen LogP contribution in [0, 0.1) is 11.8 Å². The molecule has 25 heavy (non-hydrogen) atoms. The van der Waals surface area contributed by atoms with Gasteiger partial charge in [-0.15, -0.1) is 0 Å². The standard InChI is InChI=1S/C20H27NO4/c1-2-15(1)11-22-7-5-17-6-8-25-20(17)12-21(13-20)10-16-3-4-18-19(9-16)24-14-23-18/h3-4,9,15,17H,1-2,5-8,10-14H2/t17-/m0/s1. The Morgan fingerprint density at radius 3 is 2.88 bits per heavy atom. The van der Waals surface area contributed by atoms with Crippen LogP contribution in [0.3, 0.4) is 0 Å². The lowest BCUT2D eigenvalue weighted by Crippen LogP contribution is -2.64. The lowest BCUT2D eigenvalue weighted by Gasteiger charge is -2.50. The Labute approximate surface area is 149 Å². The first-order valence-electron chi connectivity index (χ1n) is 9.63. The van der Waals surface area contributed by atoms with Crippen LogP contribution in [0.2, 0.25) is 0 Å². The number of hydrogen-bond donors (Lipinski definition) is 0. The van der Waals surface area contributed by atoms with Crippen LogP contribution in [-0.2, 0) is 16.0 Å². The van der Waals surface area contributed by atoms with Gasteiger partial charge in [0.15, 0.2) is 11.5 Å². The molecule has 1 atom stereocenters. The Kier molecular flexibility index (Phi) is 4.11. The highest BCUT2D eigenvalue weighted by Gasteiger charge is 2.52. The number of benzene rings is 1. The first-order valence-corrected chi connectivity index (χ1v) is 9.63. The van der Waals surface area contributed by atoms with Crippen LogP contribution in [-0.4, -0.2) is 50.2 Å². The third-order valence-corrected chi connectivity index (χ3v) is 6.09. The van der Waals surface area contributed by atoms with Crippen molar-refractivity contribution in [3.05, 3.63) is 23.8 Å². The van der Waals surface area contributed by atoms with Gasteiger partial charge in [0.2, 0.25) is 6.79 Å². The minimum atomic E-state index is 0.0826. The second-order valence-electron chi connectivity index (χ2n) is 8.04. The summed E-state index contributed by atoms with van der Waals surface area (Å²) >= 11 is 0. The van der Waals surface area contributed by atoms with Crippen molar-refractivity contribution in [1.29, 1.82) is 0 Å². The van der Waals surface area contributed by atoms with E-state index in [9.17, 15) is 0 Å². The summed E-state index contributed by atoms with van der Waals surface area (Å²) in [5, 5.41) is 0. The number of likely N-dealkylation sites (tertiary alicyclic amines) is 1. The normalized spacial score (nSPS) is 27.0. The van der Waals surface area contributed by atoms with E-state index in [2.05, 4.69) is 17.0 Å². The molecule has 5 nitrogen and oxygen atoms in total. The summed E-state index contributed by atoms with van der Waals surface area (Å²) in [6, 6.07) is 6.25. The second kappa shape index (κ2) is 6.45. The summed E-state index contributed by atoms with van der Waals surface area (Å²) in [5.41, 5.74) is 1.36. The van der Waals surface area contributed by atoms with E-state index in [0.29, 0.717) is 12.7 Å². The van der Waals surface area contributed by atoms with Crippen molar-refractivity contribution in [3.8, 4) is 11.5 Å². The Bertz CT molecular complexity index is 624. The molecule has 0 N–H and O–H groups in total. The monoisotopic (exact) mass is 345 g/mol. The predicted octanol–water partition coefficient (Wildman–Crippen LogP) is 2.82. The maximum absolute atomic E-state index is 6.18. The van der Waals surface area contributed by atoms with Crippen molar-refractivity contribution in [2.24, 2.45) is 11.8 Å². The lowest BCUT2D eigenvalue weighted by molar-refractivity contribution is -0.139. The van der Waals surface area contributed by atoms with E-state index in [-0.39, 0.29) is 5.60 Å². The highest BCUT2D eigenvalue weighted by Crippen LogP contribution is 2.42. The smallest absolute Gasteiger partial charge is 0.231 e. The quantitative estimate of drug-likeness (QED) is 0.711. The van der Waals surface area contributed by atoms with Crippen LogP contribution in [0.4, 0.5) is 0 Å². The van der Waals surface area contributed by atoms with Gasteiger partial charge in [-0.2, -0.15) is 0 Å². The molecule has 0 aromatic heterocycles. The molecule has 0 unspecified atom stereocenters. The van der Waals surface area contributed by atoms with E-state index in [1.54, 1.807) is 0 Å². The fraction of sp³-hybridized carbons (Fsp3) is 0.700. The zero-order valence-corrected chi connectivity index (χ0v) is 14.7. The van der Waals surface area contributed by atoms with E-state index in [4.69, 9.17) is 18.9 Å². The molecular weight excluding hydrogens is 318 g/mol. The van der Waals surface area contributed by atoms with Gasteiger partial charge >= 0.3 is 0 Å². The summed E-state index contributed by atoms with van der Waals surface area (Å²) in [7, 11) is 0. The number of nitrogens with zero attached hydrogens (tertiary/aromatic N) is 1. The third-order valence-electron chi connectivity index (χ3n) is 6.09. The molecule has 3 fully saturated rings. The summed E-state index contributed by atoms with van der Waals surface area (Å²) in [4.78, 5) is 2.47. The molecule has 5 rings (SSSR count). The summed E-state index contributed by atoms with van der Waals surface area (Å²) in [6.07, 6.45) is 5.06. The molecule has 0 radical (unpaired) electrons. The average Bonchev–Trinajstić information content (AvgIpc) is 3.13. The van der Waals surface area contributed by atoms with Crippen molar-refractivity contribution in [3.63, 3.8) is 0 Å². The highest BCUT2D eigenvalue weighted by atomic mass is 16.7. The fourth-order valence-corrected chi connectivity index (χ4v) is 4.42. The number of fused-ring (bicyclic) bond motifs is 1. The minimum Gasteiger partial charge on any atom is -0.454 e. The van der Waals surface area contributed by atoms with Gasteiger partial charge in [0.25, 0.3) is 0 Å². The first-order chi connectivity index (χ1) is 12.3. The largest absolute Gasteiger partial charge is 0.454 e. The molecule has 136 valence electrons. The molecule has 1 aliphatic carbocycles. The van der Waals surface area contributed by atoms with Crippen molar-refractivity contribution in [1.82, 2.24) is 4.90 Å². The topological polar surface area (TPSA) is 40.2 Å². The van der Waals surface area contributed by atoms with Crippen molar-refractivity contribution in [2.75, 3.05) is 39.7 Å². The van der Waals surface area contributed by atoms with Gasteiger partial charge in [-0.25, -0.2) is 0 Å². The minimum absolute atomic E-state index is 0.0826. The van der Waals surface area contributed by atoms with Gasteiger partial charge in [0.1, 0.15) is 0 Å². The lowest BCUT2D eigenvalue weighted by atomic mass is 9.79. The van der Waals surface area contributed by atoms with Crippen LogP contribution in [0.1, 0.15) is 31.2 Å². The molecule has 1 aromatic rings. The molecule has 0 bridgehead atoms. The van der Waals surface area contributed by atoms with E-state index >= 15 is 0 Å². The van der Waals surface area contributed by atoms with Crippen LogP contribution in [0.5, 0.6) is 11.5 Å². The molecule has 0 amide bonds. The number of hydrogen-bond acceptors (Lipinski definition) is 5. The zero-order valence-electron chi connectivity index (χ0n) is 14.7. The van der Waals surface area contributed by atoms with E-state index in [1.807, 2.05) is 6.07 Å². The Balaban J connectivity index is 1.12. The molecule has 1 aromatic carbocycles. The SMILES string of the molecule is c1cc2c(cc1CN1CC3(C1)OCC[C@@H]3CCOCC1CC1)OCO2. The summed E-state index contributed by atoms with van der Waals surface area (Å²) < 4.78 is 22.9. The second-order valence-corrected chi connectivity index (χ2v) is 8.04. The Morgan fingerprint density at radius 1 is 1.12 bits per heavy atom. The van der Waals surface area contributed by atoms with Gasteiger partial charge in [0.05, 0.1) is 5.60 Å². The first kappa shape index (κ1) is 15.9. The molecule has 1 spiro atoms. The molecule has 3 heterocycles. The zero-order chi connectivity index (χ0) is 16.7. The Morgan fingerprint density at radius 2 is 2.00 bits per heavy atom. The number of rotatable bonds is 7. The van der Waals surface area contributed by atoms with E-state index in [1.165, 1.54) is 24.8 Å². The summed E-state index contributed by atoms with van der Waals surface area (Å²) in [6.45, 7) is 6.14. The molecule has 3 aliphatic heterocycles. The maximum Gasteiger partial charge on any atom is 0.231 e. The van der Waals surface area contributed by atoms with Crippen molar-refractivity contribution in [2.45, 2.75) is 37.8 Å². The van der Waals surface area contributed by atoms with Gasteiger partial charge in [0, 0.05) is 39.5 Å². The Hall–Kier alpha value is -1.30. The van der Waals surface area contributed by atoms with Crippen molar-refractivity contribution < 1.29 is 18.9 Å². The number of ether oxygens (including phenoxy) is 4. The van der Waals surface area contributed by atoms with Gasteiger partial charge in [-0.1, -0.05) is 6.07 Å². The van der Waals surface area contributed by atoms with Gasteiger partial charge in [-0.05, 0) is 55.2 Å². The molecule has 5 heteroatoms. The van der Waals surface area contributed by atoms with Crippen molar-refractivity contribution >= 4 is 0 Å². The predicted molar refractivity (Wildman–Crippen MR) is 92.8 cm³/mol. The molecular formula is C20H27NO4. The molecule has 2 saturated heterocycles. The molecule has 4 aliphatic rings. The van der Waals surface area contributed by atoms with Crippen LogP contribution < -0.4 is 9.47 Å². The average molecular weight is 345 g/mol. The van der Waals surface area contributed by atoms with Crippen LogP contribution in [0.15, 0.2) is 18.2 Å². The third kappa shape index (κ3) is 3.25. The fourth-order valence-electron chi connectivity index (χ4n) is 4.42. The van der Waals surface area contributed by atoms with E-state index < -0.39 is 0 Å². The summed E-state index contributed by atoms with van der Waals surface area (Å²) in [5.74, 6) is 3.24.